The molecule has 1 aromatic heterocycles. The summed E-state index contributed by atoms with van der Waals surface area (Å²) in [5.74, 6) is -0.639. The number of hydrogen-bond donors (Lipinski definition) is 1. The quantitative estimate of drug-likeness (QED) is 0.428. The molecule has 0 aliphatic heterocycles. The van der Waals surface area contributed by atoms with Gasteiger partial charge in [-0.05, 0) is 24.5 Å². The van der Waals surface area contributed by atoms with E-state index in [4.69, 9.17) is 0 Å². The summed E-state index contributed by atoms with van der Waals surface area (Å²) >= 11 is 0. The SMILES string of the molecule is CCCCCCCCCCCCS(=O)(=O)c1nn(C)c(=O)c(-c2ccccc2C)c1O. The fraction of sp³-hybridized carbons (Fsp3) is 0.583. The summed E-state index contributed by atoms with van der Waals surface area (Å²) in [7, 11) is -2.40. The molecule has 6 nitrogen and oxygen atoms in total. The third kappa shape index (κ3) is 6.92. The number of aryl methyl sites for hydroxylation is 2. The number of aromatic hydroxyl groups is 1. The molecule has 31 heavy (non-hydrogen) atoms. The monoisotopic (exact) mass is 448 g/mol. The second-order valence-corrected chi connectivity index (χ2v) is 10.3. The lowest BCUT2D eigenvalue weighted by molar-refractivity contribution is 0.440. The number of benzene rings is 1. The van der Waals surface area contributed by atoms with Crippen LogP contribution in [0.1, 0.15) is 76.7 Å². The zero-order valence-electron chi connectivity index (χ0n) is 19.1. The van der Waals surface area contributed by atoms with Gasteiger partial charge in [0.1, 0.15) is 0 Å². The zero-order valence-corrected chi connectivity index (χ0v) is 19.9. The smallest absolute Gasteiger partial charge is 0.278 e. The maximum Gasteiger partial charge on any atom is 0.278 e. The van der Waals surface area contributed by atoms with Crippen LogP contribution < -0.4 is 5.56 Å². The van der Waals surface area contributed by atoms with E-state index in [0.29, 0.717) is 12.0 Å². The summed E-state index contributed by atoms with van der Waals surface area (Å²) in [6.07, 6.45) is 11.0. The molecular formula is C24H36N2O4S. The second-order valence-electron chi connectivity index (χ2n) is 8.27. The van der Waals surface area contributed by atoms with Gasteiger partial charge >= 0.3 is 0 Å². The van der Waals surface area contributed by atoms with Gasteiger partial charge in [-0.3, -0.25) is 4.79 Å². The Morgan fingerprint density at radius 3 is 2.06 bits per heavy atom. The van der Waals surface area contributed by atoms with E-state index in [2.05, 4.69) is 12.0 Å². The van der Waals surface area contributed by atoms with Crippen molar-refractivity contribution < 1.29 is 13.5 Å². The summed E-state index contributed by atoms with van der Waals surface area (Å²) in [5.41, 5.74) is 0.750. The van der Waals surface area contributed by atoms with Crippen LogP contribution in [0.15, 0.2) is 34.1 Å². The van der Waals surface area contributed by atoms with Gasteiger partial charge in [-0.2, -0.15) is 5.10 Å². The van der Waals surface area contributed by atoms with E-state index in [1.807, 2.05) is 19.1 Å². The van der Waals surface area contributed by atoms with Crippen LogP contribution in [0.5, 0.6) is 5.75 Å². The van der Waals surface area contributed by atoms with Crippen LogP contribution in [0.3, 0.4) is 0 Å². The molecule has 0 bridgehead atoms. The molecule has 1 aromatic carbocycles. The molecule has 172 valence electrons. The van der Waals surface area contributed by atoms with Crippen LogP contribution >= 0.6 is 0 Å². The number of hydrogen-bond acceptors (Lipinski definition) is 5. The van der Waals surface area contributed by atoms with Crippen LogP contribution in [0.25, 0.3) is 11.1 Å². The van der Waals surface area contributed by atoms with Crippen molar-refractivity contribution in [3.8, 4) is 16.9 Å². The maximum absolute atomic E-state index is 12.9. The van der Waals surface area contributed by atoms with Gasteiger partial charge in [0.25, 0.3) is 5.56 Å². The maximum atomic E-state index is 12.9. The lowest BCUT2D eigenvalue weighted by Crippen LogP contribution is -2.25. The Balaban J connectivity index is 2.02. The summed E-state index contributed by atoms with van der Waals surface area (Å²) < 4.78 is 26.8. The highest BCUT2D eigenvalue weighted by molar-refractivity contribution is 7.91. The van der Waals surface area contributed by atoms with E-state index in [-0.39, 0.29) is 11.3 Å². The standard InChI is InChI=1S/C24H36N2O4S/c1-4-5-6-7-8-9-10-11-12-15-18-31(29,30)23-22(27)21(24(28)26(3)25-23)20-17-14-13-16-19(20)2/h13-14,16-17,27H,4-12,15,18H2,1-3H3. The molecule has 0 amide bonds. The third-order valence-corrected chi connectivity index (χ3v) is 7.35. The first-order valence-electron chi connectivity index (χ1n) is 11.4. The molecule has 0 saturated carbocycles. The van der Waals surface area contributed by atoms with Gasteiger partial charge in [0.2, 0.25) is 14.9 Å². The first kappa shape index (κ1) is 25.1. The van der Waals surface area contributed by atoms with Gasteiger partial charge in [-0.15, -0.1) is 0 Å². The van der Waals surface area contributed by atoms with Crippen molar-refractivity contribution >= 4 is 9.84 Å². The Kier molecular flexibility index (Phi) is 9.75. The van der Waals surface area contributed by atoms with Crippen LogP contribution in [0, 0.1) is 6.92 Å². The molecule has 0 atom stereocenters. The Bertz CT molecular complexity index is 1010. The number of sulfone groups is 1. The minimum Gasteiger partial charge on any atom is -0.504 e. The van der Waals surface area contributed by atoms with Gasteiger partial charge in [0.15, 0.2) is 5.75 Å². The summed E-state index contributed by atoms with van der Waals surface area (Å²) in [5, 5.41) is 14.2. The predicted octanol–water partition coefficient (Wildman–Crippen LogP) is 5.16. The van der Waals surface area contributed by atoms with Crippen molar-refractivity contribution in [1.82, 2.24) is 9.78 Å². The first-order chi connectivity index (χ1) is 14.8. The molecule has 0 unspecified atom stereocenters. The van der Waals surface area contributed by atoms with Crippen molar-refractivity contribution in [3.63, 3.8) is 0 Å². The molecule has 7 heteroatoms. The highest BCUT2D eigenvalue weighted by Gasteiger charge is 2.27. The second kappa shape index (κ2) is 12.0. The highest BCUT2D eigenvalue weighted by Crippen LogP contribution is 2.32. The molecule has 0 radical (unpaired) electrons. The largest absolute Gasteiger partial charge is 0.504 e. The van der Waals surface area contributed by atoms with Gasteiger partial charge in [0, 0.05) is 7.05 Å². The van der Waals surface area contributed by atoms with Crippen LogP contribution in [0.4, 0.5) is 0 Å². The van der Waals surface area contributed by atoms with Gasteiger partial charge in [-0.25, -0.2) is 13.1 Å². The van der Waals surface area contributed by atoms with Crippen LogP contribution in [0.2, 0.25) is 0 Å². The van der Waals surface area contributed by atoms with Crippen molar-refractivity contribution in [1.29, 1.82) is 0 Å². The molecule has 1 heterocycles. The van der Waals surface area contributed by atoms with E-state index in [1.165, 1.54) is 45.6 Å². The van der Waals surface area contributed by atoms with Crippen molar-refractivity contribution in [2.45, 2.75) is 83.1 Å². The molecule has 0 saturated heterocycles. The minimum atomic E-state index is -3.80. The minimum absolute atomic E-state index is 0.0164. The Morgan fingerprint density at radius 2 is 1.48 bits per heavy atom. The number of aromatic nitrogens is 2. The fourth-order valence-electron chi connectivity index (χ4n) is 3.78. The summed E-state index contributed by atoms with van der Waals surface area (Å²) in [4.78, 5) is 12.6. The Hall–Kier alpha value is -2.15. The predicted molar refractivity (Wildman–Crippen MR) is 125 cm³/mol. The van der Waals surface area contributed by atoms with Gasteiger partial charge in [0.05, 0.1) is 11.3 Å². The van der Waals surface area contributed by atoms with Gasteiger partial charge in [-0.1, -0.05) is 89.0 Å². The molecule has 2 rings (SSSR count). The average Bonchev–Trinajstić information content (AvgIpc) is 2.73. The lowest BCUT2D eigenvalue weighted by Gasteiger charge is -2.13. The van der Waals surface area contributed by atoms with E-state index in [9.17, 15) is 18.3 Å². The Morgan fingerprint density at radius 1 is 0.935 bits per heavy atom. The van der Waals surface area contributed by atoms with Crippen molar-refractivity contribution in [3.05, 3.63) is 40.2 Å². The summed E-state index contributed by atoms with van der Waals surface area (Å²) in [6, 6.07) is 7.08. The van der Waals surface area contributed by atoms with E-state index < -0.39 is 26.2 Å². The van der Waals surface area contributed by atoms with Crippen LogP contribution in [-0.4, -0.2) is 29.1 Å². The number of nitrogens with zero attached hydrogens (tertiary/aromatic N) is 2. The molecular weight excluding hydrogens is 412 g/mol. The average molecular weight is 449 g/mol. The Labute approximate surface area is 186 Å². The number of rotatable bonds is 13. The molecule has 1 N–H and O–H groups in total. The van der Waals surface area contributed by atoms with Crippen molar-refractivity contribution in [2.24, 2.45) is 7.05 Å². The summed E-state index contributed by atoms with van der Waals surface area (Å²) in [6.45, 7) is 4.02. The van der Waals surface area contributed by atoms with E-state index in [0.717, 1.165) is 29.5 Å². The zero-order chi connectivity index (χ0) is 22.9. The third-order valence-electron chi connectivity index (χ3n) is 5.66. The van der Waals surface area contributed by atoms with Crippen molar-refractivity contribution in [2.75, 3.05) is 5.75 Å². The van der Waals surface area contributed by atoms with Crippen LogP contribution in [-0.2, 0) is 16.9 Å². The van der Waals surface area contributed by atoms with E-state index >= 15 is 0 Å². The van der Waals surface area contributed by atoms with Gasteiger partial charge < -0.3 is 5.11 Å². The van der Waals surface area contributed by atoms with E-state index in [1.54, 1.807) is 12.1 Å². The molecule has 0 aliphatic carbocycles. The molecule has 0 spiro atoms. The topological polar surface area (TPSA) is 89.3 Å². The first-order valence-corrected chi connectivity index (χ1v) is 13.0. The number of unbranched alkanes of at least 4 members (excludes halogenated alkanes) is 9. The highest BCUT2D eigenvalue weighted by atomic mass is 32.2. The molecule has 2 aromatic rings. The fourth-order valence-corrected chi connectivity index (χ4v) is 5.20. The lowest BCUT2D eigenvalue weighted by atomic mass is 10.0. The normalized spacial score (nSPS) is 11.7. The molecule has 0 aliphatic rings. The molecule has 0 fully saturated rings.